The number of esters is 1. The van der Waals surface area contributed by atoms with Gasteiger partial charge in [0.1, 0.15) is 12.6 Å². The number of hydrogen-bond donors (Lipinski definition) is 0. The van der Waals surface area contributed by atoms with E-state index in [9.17, 15) is 4.79 Å². The number of rotatable bonds is 7. The molecule has 21 heavy (non-hydrogen) atoms. The SMILES string of the molecule is CCCC(C)CN1CCCC1C(=O)OCc1ccccc1. The molecule has 1 aliphatic heterocycles. The van der Waals surface area contributed by atoms with Crippen molar-refractivity contribution in [1.29, 1.82) is 0 Å². The van der Waals surface area contributed by atoms with E-state index in [-0.39, 0.29) is 12.0 Å². The molecule has 116 valence electrons. The summed E-state index contributed by atoms with van der Waals surface area (Å²) >= 11 is 0. The molecule has 1 saturated heterocycles. The highest BCUT2D eigenvalue weighted by atomic mass is 16.5. The fourth-order valence-corrected chi connectivity index (χ4v) is 3.12. The topological polar surface area (TPSA) is 29.5 Å². The first kappa shape index (κ1) is 16.0. The van der Waals surface area contributed by atoms with Crippen LogP contribution in [0, 0.1) is 5.92 Å². The van der Waals surface area contributed by atoms with Crippen LogP contribution in [0.3, 0.4) is 0 Å². The van der Waals surface area contributed by atoms with Gasteiger partial charge < -0.3 is 4.74 Å². The van der Waals surface area contributed by atoms with Gasteiger partial charge in [-0.1, -0.05) is 50.6 Å². The van der Waals surface area contributed by atoms with Crippen molar-refractivity contribution >= 4 is 5.97 Å². The second kappa shape index (κ2) is 8.18. The van der Waals surface area contributed by atoms with Gasteiger partial charge in [-0.25, -0.2) is 0 Å². The third-order valence-electron chi connectivity index (χ3n) is 4.19. The molecule has 1 heterocycles. The Morgan fingerprint density at radius 1 is 1.38 bits per heavy atom. The summed E-state index contributed by atoms with van der Waals surface area (Å²) in [6.07, 6.45) is 4.47. The zero-order valence-electron chi connectivity index (χ0n) is 13.3. The summed E-state index contributed by atoms with van der Waals surface area (Å²) in [6, 6.07) is 9.85. The molecule has 1 aliphatic rings. The predicted octanol–water partition coefficient (Wildman–Crippen LogP) is 3.63. The minimum absolute atomic E-state index is 0.0342. The van der Waals surface area contributed by atoms with Crippen molar-refractivity contribution in [1.82, 2.24) is 4.90 Å². The number of carbonyl (C=O) groups excluding carboxylic acids is 1. The molecule has 0 amide bonds. The molecule has 0 radical (unpaired) electrons. The van der Waals surface area contributed by atoms with Gasteiger partial charge in [-0.2, -0.15) is 0 Å². The number of benzene rings is 1. The van der Waals surface area contributed by atoms with E-state index in [0.29, 0.717) is 12.5 Å². The van der Waals surface area contributed by atoms with Crippen LogP contribution in [0.1, 0.15) is 45.1 Å². The van der Waals surface area contributed by atoms with Gasteiger partial charge in [0.2, 0.25) is 0 Å². The van der Waals surface area contributed by atoms with Crippen LogP contribution in [-0.2, 0) is 16.1 Å². The maximum Gasteiger partial charge on any atom is 0.323 e. The Kier molecular flexibility index (Phi) is 6.24. The summed E-state index contributed by atoms with van der Waals surface area (Å²) in [6.45, 7) is 6.91. The molecule has 0 aliphatic carbocycles. The Balaban J connectivity index is 1.83. The number of likely N-dealkylation sites (tertiary alicyclic amines) is 1. The van der Waals surface area contributed by atoms with Crippen LogP contribution in [-0.4, -0.2) is 30.0 Å². The Labute approximate surface area is 128 Å². The van der Waals surface area contributed by atoms with Crippen LogP contribution in [0.2, 0.25) is 0 Å². The van der Waals surface area contributed by atoms with E-state index in [1.807, 2.05) is 30.3 Å². The lowest BCUT2D eigenvalue weighted by Gasteiger charge is -2.26. The van der Waals surface area contributed by atoms with Crippen molar-refractivity contribution in [2.24, 2.45) is 5.92 Å². The summed E-state index contributed by atoms with van der Waals surface area (Å²) in [5, 5.41) is 0. The van der Waals surface area contributed by atoms with Gasteiger partial charge in [0, 0.05) is 6.54 Å². The molecule has 3 nitrogen and oxygen atoms in total. The lowest BCUT2D eigenvalue weighted by Crippen LogP contribution is -2.39. The van der Waals surface area contributed by atoms with Crippen LogP contribution in [0.25, 0.3) is 0 Å². The number of carbonyl (C=O) groups is 1. The molecule has 0 bridgehead atoms. The van der Waals surface area contributed by atoms with Crippen LogP contribution < -0.4 is 0 Å². The van der Waals surface area contributed by atoms with Gasteiger partial charge in [0.25, 0.3) is 0 Å². The van der Waals surface area contributed by atoms with E-state index < -0.39 is 0 Å². The van der Waals surface area contributed by atoms with Gasteiger partial charge in [-0.05, 0) is 37.3 Å². The molecule has 0 spiro atoms. The predicted molar refractivity (Wildman–Crippen MR) is 84.9 cm³/mol. The van der Waals surface area contributed by atoms with Gasteiger partial charge >= 0.3 is 5.97 Å². The maximum absolute atomic E-state index is 12.3. The first-order chi connectivity index (χ1) is 10.2. The summed E-state index contributed by atoms with van der Waals surface area (Å²) in [7, 11) is 0. The normalized spacial score (nSPS) is 20.4. The molecule has 1 aromatic carbocycles. The molecule has 3 heteroatoms. The fourth-order valence-electron chi connectivity index (χ4n) is 3.12. The lowest BCUT2D eigenvalue weighted by molar-refractivity contribution is -0.150. The standard InChI is InChI=1S/C18H27NO2/c1-3-8-15(2)13-19-12-7-11-17(19)18(20)21-14-16-9-5-4-6-10-16/h4-6,9-10,15,17H,3,7-8,11-14H2,1-2H3. The Bertz CT molecular complexity index is 432. The number of hydrogen-bond acceptors (Lipinski definition) is 3. The van der Waals surface area contributed by atoms with Crippen molar-refractivity contribution in [3.05, 3.63) is 35.9 Å². The minimum atomic E-state index is -0.0555. The first-order valence-corrected chi connectivity index (χ1v) is 8.15. The summed E-state index contributed by atoms with van der Waals surface area (Å²) in [5.74, 6) is 0.595. The van der Waals surface area contributed by atoms with E-state index in [4.69, 9.17) is 4.74 Å². The third kappa shape index (κ3) is 4.85. The van der Waals surface area contributed by atoms with Gasteiger partial charge in [-0.3, -0.25) is 9.69 Å². The Morgan fingerprint density at radius 3 is 2.86 bits per heavy atom. The smallest absolute Gasteiger partial charge is 0.323 e. The minimum Gasteiger partial charge on any atom is -0.460 e. The monoisotopic (exact) mass is 289 g/mol. The highest BCUT2D eigenvalue weighted by molar-refractivity contribution is 5.76. The molecular formula is C18H27NO2. The summed E-state index contributed by atoms with van der Waals surface area (Å²) in [4.78, 5) is 14.6. The molecule has 2 atom stereocenters. The van der Waals surface area contributed by atoms with E-state index >= 15 is 0 Å². The van der Waals surface area contributed by atoms with Crippen molar-refractivity contribution in [3.63, 3.8) is 0 Å². The Hall–Kier alpha value is -1.35. The lowest BCUT2D eigenvalue weighted by atomic mass is 10.1. The van der Waals surface area contributed by atoms with E-state index in [0.717, 1.165) is 31.5 Å². The second-order valence-electron chi connectivity index (χ2n) is 6.14. The van der Waals surface area contributed by atoms with Crippen LogP contribution in [0.5, 0.6) is 0 Å². The number of ether oxygens (including phenoxy) is 1. The quantitative estimate of drug-likeness (QED) is 0.718. The highest BCUT2D eigenvalue weighted by Crippen LogP contribution is 2.21. The molecule has 1 aromatic rings. The molecule has 2 rings (SSSR count). The molecular weight excluding hydrogens is 262 g/mol. The van der Waals surface area contributed by atoms with E-state index in [1.54, 1.807) is 0 Å². The zero-order valence-corrected chi connectivity index (χ0v) is 13.3. The van der Waals surface area contributed by atoms with Gasteiger partial charge in [-0.15, -0.1) is 0 Å². The molecule has 0 saturated carbocycles. The molecule has 0 N–H and O–H groups in total. The summed E-state index contributed by atoms with van der Waals surface area (Å²) in [5.41, 5.74) is 1.05. The van der Waals surface area contributed by atoms with E-state index in [2.05, 4.69) is 18.7 Å². The van der Waals surface area contributed by atoms with E-state index in [1.165, 1.54) is 12.8 Å². The largest absolute Gasteiger partial charge is 0.460 e. The molecule has 0 aromatic heterocycles. The van der Waals surface area contributed by atoms with Crippen LogP contribution in [0.15, 0.2) is 30.3 Å². The van der Waals surface area contributed by atoms with Crippen LogP contribution >= 0.6 is 0 Å². The van der Waals surface area contributed by atoms with Gasteiger partial charge in [0.05, 0.1) is 0 Å². The van der Waals surface area contributed by atoms with Crippen molar-refractivity contribution < 1.29 is 9.53 Å². The van der Waals surface area contributed by atoms with Crippen molar-refractivity contribution in [2.45, 2.75) is 52.2 Å². The second-order valence-corrected chi connectivity index (χ2v) is 6.14. The third-order valence-corrected chi connectivity index (χ3v) is 4.19. The molecule has 1 fully saturated rings. The average Bonchev–Trinajstić information content (AvgIpc) is 2.94. The zero-order chi connectivity index (χ0) is 15.1. The highest BCUT2D eigenvalue weighted by Gasteiger charge is 2.32. The van der Waals surface area contributed by atoms with Crippen LogP contribution in [0.4, 0.5) is 0 Å². The van der Waals surface area contributed by atoms with Crippen molar-refractivity contribution in [3.8, 4) is 0 Å². The molecule has 2 unspecified atom stereocenters. The fraction of sp³-hybridized carbons (Fsp3) is 0.611. The number of nitrogens with zero attached hydrogens (tertiary/aromatic N) is 1. The Morgan fingerprint density at radius 2 is 2.14 bits per heavy atom. The van der Waals surface area contributed by atoms with Gasteiger partial charge in [0.15, 0.2) is 0 Å². The first-order valence-electron chi connectivity index (χ1n) is 8.15. The summed E-state index contributed by atoms with van der Waals surface area (Å²) < 4.78 is 5.50. The maximum atomic E-state index is 12.3. The average molecular weight is 289 g/mol. The van der Waals surface area contributed by atoms with Crippen molar-refractivity contribution in [2.75, 3.05) is 13.1 Å².